The lowest BCUT2D eigenvalue weighted by molar-refractivity contribution is -0.104. The van der Waals surface area contributed by atoms with Crippen molar-refractivity contribution in [3.8, 4) is 0 Å². The third kappa shape index (κ3) is 3.39. The number of aldehydes is 1. The van der Waals surface area contributed by atoms with Gasteiger partial charge < -0.3 is 14.7 Å². The summed E-state index contributed by atoms with van der Waals surface area (Å²) in [5.41, 5.74) is 0.595. The number of carbonyl (C=O) groups excluding carboxylic acids is 1. The molecule has 0 aliphatic carbocycles. The maximum atomic E-state index is 10.7. The lowest BCUT2D eigenvalue weighted by atomic mass is 10.2. The summed E-state index contributed by atoms with van der Waals surface area (Å²) < 4.78 is 5.27. The molecule has 0 saturated carbocycles. The molecule has 0 aromatic carbocycles. The third-order valence-electron chi connectivity index (χ3n) is 3.03. The average Bonchev–Trinajstić information content (AvgIpc) is 2.39. The minimum Gasteiger partial charge on any atom is -0.379 e. The normalized spacial score (nSPS) is 25.8. The molecule has 2 aliphatic heterocycles. The zero-order valence-corrected chi connectivity index (χ0v) is 9.79. The second-order valence-corrected chi connectivity index (χ2v) is 4.21. The summed E-state index contributed by atoms with van der Waals surface area (Å²) in [6.07, 6.45) is 5.15. The van der Waals surface area contributed by atoms with Crippen LogP contribution in [-0.2, 0) is 9.53 Å². The Labute approximate surface area is 101 Å². The number of rotatable bonds is 4. The molecule has 5 heteroatoms. The molecular formula is C12H18N2O3. The highest BCUT2D eigenvalue weighted by Gasteiger charge is 2.16. The fourth-order valence-corrected chi connectivity index (χ4v) is 1.97. The Bertz CT molecular complexity index is 322. The standard InChI is InChI=1S/C12H18N2O3/c15-10-11-1-2-12(16)14(9-11)4-3-13-5-7-17-8-6-13/h1-2,9-10,12,16H,3-8H2. The molecule has 94 valence electrons. The van der Waals surface area contributed by atoms with Crippen LogP contribution in [0.5, 0.6) is 0 Å². The number of nitrogens with zero attached hydrogens (tertiary/aromatic N) is 2. The van der Waals surface area contributed by atoms with E-state index in [1.165, 1.54) is 0 Å². The van der Waals surface area contributed by atoms with E-state index in [0.717, 1.165) is 39.1 Å². The molecular weight excluding hydrogens is 220 g/mol. The molecule has 1 saturated heterocycles. The van der Waals surface area contributed by atoms with Crippen molar-refractivity contribution in [2.45, 2.75) is 6.23 Å². The first-order chi connectivity index (χ1) is 8.29. The van der Waals surface area contributed by atoms with Gasteiger partial charge in [-0.15, -0.1) is 0 Å². The summed E-state index contributed by atoms with van der Waals surface area (Å²) in [4.78, 5) is 14.7. The monoisotopic (exact) mass is 238 g/mol. The molecule has 2 aliphatic rings. The summed E-state index contributed by atoms with van der Waals surface area (Å²) in [5.74, 6) is 0. The first-order valence-electron chi connectivity index (χ1n) is 5.89. The van der Waals surface area contributed by atoms with Crippen LogP contribution in [0.4, 0.5) is 0 Å². The predicted molar refractivity (Wildman–Crippen MR) is 63.3 cm³/mol. The average molecular weight is 238 g/mol. The van der Waals surface area contributed by atoms with Crippen molar-refractivity contribution in [3.05, 3.63) is 23.9 Å². The Hall–Kier alpha value is -1.17. The van der Waals surface area contributed by atoms with Gasteiger partial charge in [-0.25, -0.2) is 0 Å². The van der Waals surface area contributed by atoms with Gasteiger partial charge in [-0.05, 0) is 12.2 Å². The van der Waals surface area contributed by atoms with E-state index in [0.29, 0.717) is 12.1 Å². The Morgan fingerprint density at radius 2 is 2.18 bits per heavy atom. The fourth-order valence-electron chi connectivity index (χ4n) is 1.97. The summed E-state index contributed by atoms with van der Waals surface area (Å²) in [5, 5.41) is 9.75. The van der Waals surface area contributed by atoms with Crippen molar-refractivity contribution in [3.63, 3.8) is 0 Å². The van der Waals surface area contributed by atoms with Gasteiger partial charge in [-0.1, -0.05) is 0 Å². The minimum absolute atomic E-state index is 0.595. The van der Waals surface area contributed by atoms with Crippen molar-refractivity contribution >= 4 is 6.29 Å². The largest absolute Gasteiger partial charge is 0.379 e. The van der Waals surface area contributed by atoms with Crippen LogP contribution in [0, 0.1) is 0 Å². The van der Waals surface area contributed by atoms with Crippen LogP contribution in [0.1, 0.15) is 0 Å². The van der Waals surface area contributed by atoms with Crippen molar-refractivity contribution in [2.24, 2.45) is 0 Å². The first kappa shape index (κ1) is 12.3. The highest BCUT2D eigenvalue weighted by Crippen LogP contribution is 2.10. The molecule has 17 heavy (non-hydrogen) atoms. The number of allylic oxidation sites excluding steroid dienone is 2. The fraction of sp³-hybridized carbons (Fsp3) is 0.583. The number of hydrogen-bond donors (Lipinski definition) is 1. The Morgan fingerprint density at radius 3 is 2.88 bits per heavy atom. The van der Waals surface area contributed by atoms with Gasteiger partial charge in [0.05, 0.1) is 13.2 Å². The number of aliphatic hydroxyl groups excluding tert-OH is 1. The molecule has 2 rings (SSSR count). The van der Waals surface area contributed by atoms with E-state index in [4.69, 9.17) is 4.74 Å². The molecule has 2 heterocycles. The Morgan fingerprint density at radius 1 is 1.41 bits per heavy atom. The number of hydrogen-bond acceptors (Lipinski definition) is 5. The summed E-state index contributed by atoms with van der Waals surface area (Å²) in [6.45, 7) is 5.00. The molecule has 1 N–H and O–H groups in total. The molecule has 1 atom stereocenters. The topological polar surface area (TPSA) is 53.0 Å². The molecule has 5 nitrogen and oxygen atoms in total. The van der Waals surface area contributed by atoms with Crippen LogP contribution < -0.4 is 0 Å². The number of morpholine rings is 1. The van der Waals surface area contributed by atoms with Crippen LogP contribution in [0.25, 0.3) is 0 Å². The third-order valence-corrected chi connectivity index (χ3v) is 3.03. The maximum Gasteiger partial charge on any atom is 0.151 e. The van der Waals surface area contributed by atoms with E-state index in [1.807, 2.05) is 0 Å². The van der Waals surface area contributed by atoms with Gasteiger partial charge in [0.15, 0.2) is 6.29 Å². The smallest absolute Gasteiger partial charge is 0.151 e. The highest BCUT2D eigenvalue weighted by molar-refractivity contribution is 5.77. The van der Waals surface area contributed by atoms with E-state index >= 15 is 0 Å². The van der Waals surface area contributed by atoms with Crippen molar-refractivity contribution in [1.82, 2.24) is 9.80 Å². The molecule has 0 bridgehead atoms. The second kappa shape index (κ2) is 5.95. The van der Waals surface area contributed by atoms with Crippen molar-refractivity contribution < 1.29 is 14.6 Å². The van der Waals surface area contributed by atoms with Gasteiger partial charge >= 0.3 is 0 Å². The van der Waals surface area contributed by atoms with Crippen molar-refractivity contribution in [1.29, 1.82) is 0 Å². The van der Waals surface area contributed by atoms with Crippen LogP contribution in [0.3, 0.4) is 0 Å². The van der Waals surface area contributed by atoms with Gasteiger partial charge in [0.2, 0.25) is 0 Å². The first-order valence-corrected chi connectivity index (χ1v) is 5.89. The number of carbonyl (C=O) groups is 1. The lowest BCUT2D eigenvalue weighted by Gasteiger charge is -2.32. The van der Waals surface area contributed by atoms with Gasteiger partial charge in [0.25, 0.3) is 0 Å². The summed E-state index contributed by atoms with van der Waals surface area (Å²) in [6, 6.07) is 0. The van der Waals surface area contributed by atoms with Crippen LogP contribution in [0.2, 0.25) is 0 Å². The lowest BCUT2D eigenvalue weighted by Crippen LogP contribution is -2.42. The minimum atomic E-state index is -0.625. The number of ether oxygens (including phenoxy) is 1. The zero-order chi connectivity index (χ0) is 12.1. The molecule has 0 amide bonds. The zero-order valence-electron chi connectivity index (χ0n) is 9.79. The summed E-state index contributed by atoms with van der Waals surface area (Å²) in [7, 11) is 0. The molecule has 0 radical (unpaired) electrons. The highest BCUT2D eigenvalue weighted by atomic mass is 16.5. The Balaban J connectivity index is 1.83. The second-order valence-electron chi connectivity index (χ2n) is 4.21. The Kier molecular flexibility index (Phi) is 4.30. The molecule has 1 fully saturated rings. The van der Waals surface area contributed by atoms with E-state index < -0.39 is 6.23 Å². The molecule has 0 aromatic rings. The van der Waals surface area contributed by atoms with Gasteiger partial charge in [0, 0.05) is 38.0 Å². The van der Waals surface area contributed by atoms with Gasteiger partial charge in [-0.2, -0.15) is 0 Å². The SMILES string of the molecule is O=CC1=CN(CCN2CCOCC2)C(O)C=C1. The van der Waals surface area contributed by atoms with Crippen LogP contribution in [0.15, 0.2) is 23.9 Å². The summed E-state index contributed by atoms with van der Waals surface area (Å²) >= 11 is 0. The van der Waals surface area contributed by atoms with Crippen LogP contribution >= 0.6 is 0 Å². The van der Waals surface area contributed by atoms with E-state index in [1.54, 1.807) is 23.3 Å². The maximum absolute atomic E-state index is 10.7. The predicted octanol–water partition coefficient (Wildman–Crippen LogP) is -0.408. The van der Waals surface area contributed by atoms with Gasteiger partial charge in [0.1, 0.15) is 6.23 Å². The molecule has 1 unspecified atom stereocenters. The quantitative estimate of drug-likeness (QED) is 0.675. The molecule has 0 aromatic heterocycles. The van der Waals surface area contributed by atoms with Crippen LogP contribution in [-0.4, -0.2) is 66.8 Å². The van der Waals surface area contributed by atoms with E-state index in [2.05, 4.69) is 4.90 Å². The van der Waals surface area contributed by atoms with E-state index in [-0.39, 0.29) is 0 Å². The molecule has 0 spiro atoms. The number of aliphatic hydroxyl groups is 1. The van der Waals surface area contributed by atoms with Crippen molar-refractivity contribution in [2.75, 3.05) is 39.4 Å². The van der Waals surface area contributed by atoms with Gasteiger partial charge in [-0.3, -0.25) is 9.69 Å². The van der Waals surface area contributed by atoms with E-state index in [9.17, 15) is 9.90 Å².